The quantitative estimate of drug-likeness (QED) is 0.728. The average molecular weight is 272 g/mol. The summed E-state index contributed by atoms with van der Waals surface area (Å²) in [6, 6.07) is 8.68. The lowest BCUT2D eigenvalue weighted by Crippen LogP contribution is -2.36. The minimum absolute atomic E-state index is 0.577. The highest BCUT2D eigenvalue weighted by Crippen LogP contribution is 2.27. The number of thioether (sulfide) groups is 1. The van der Waals surface area contributed by atoms with Gasteiger partial charge in [-0.25, -0.2) is 0 Å². The Kier molecular flexibility index (Phi) is 7.02. The Bertz CT molecular complexity index is 313. The lowest BCUT2D eigenvalue weighted by atomic mass is 10.1. The number of halogens is 1. The van der Waals surface area contributed by atoms with Gasteiger partial charge in [-0.05, 0) is 43.7 Å². The van der Waals surface area contributed by atoms with Crippen LogP contribution in [-0.4, -0.2) is 17.8 Å². The summed E-state index contributed by atoms with van der Waals surface area (Å²) in [6.07, 6.45) is 2.36. The normalized spacial score (nSPS) is 14.6. The number of hydrogen-bond acceptors (Lipinski definition) is 2. The Hall–Kier alpha value is -0.180. The van der Waals surface area contributed by atoms with E-state index in [9.17, 15) is 0 Å². The van der Waals surface area contributed by atoms with Crippen LogP contribution in [0.1, 0.15) is 33.6 Å². The van der Waals surface area contributed by atoms with Crippen LogP contribution >= 0.6 is 23.4 Å². The van der Waals surface area contributed by atoms with Crippen molar-refractivity contribution in [2.75, 3.05) is 6.54 Å². The van der Waals surface area contributed by atoms with Crippen molar-refractivity contribution in [1.29, 1.82) is 0 Å². The molecule has 1 aromatic carbocycles. The molecule has 0 spiro atoms. The summed E-state index contributed by atoms with van der Waals surface area (Å²) in [6.45, 7) is 7.84. The van der Waals surface area contributed by atoms with Gasteiger partial charge in [0.05, 0.1) is 0 Å². The van der Waals surface area contributed by atoms with Crippen molar-refractivity contribution < 1.29 is 0 Å². The SMILES string of the molecule is CCCNC(CC)C(C)Sc1ccc(Cl)cc1. The lowest BCUT2D eigenvalue weighted by molar-refractivity contribution is 0.494. The van der Waals surface area contributed by atoms with Gasteiger partial charge in [-0.15, -0.1) is 11.8 Å². The summed E-state index contributed by atoms with van der Waals surface area (Å²) in [4.78, 5) is 1.29. The molecule has 0 aliphatic rings. The molecular weight excluding hydrogens is 250 g/mol. The molecule has 1 N–H and O–H groups in total. The fraction of sp³-hybridized carbons (Fsp3) is 0.571. The summed E-state index contributed by atoms with van der Waals surface area (Å²) in [7, 11) is 0. The number of rotatable bonds is 7. The third kappa shape index (κ3) is 5.33. The smallest absolute Gasteiger partial charge is 0.0406 e. The van der Waals surface area contributed by atoms with Crippen molar-refractivity contribution in [3.63, 3.8) is 0 Å². The van der Waals surface area contributed by atoms with Gasteiger partial charge < -0.3 is 5.32 Å². The molecule has 0 amide bonds. The molecule has 2 unspecified atom stereocenters. The molecule has 0 saturated heterocycles. The highest BCUT2D eigenvalue weighted by molar-refractivity contribution is 8.00. The first-order valence-corrected chi connectivity index (χ1v) is 7.58. The van der Waals surface area contributed by atoms with Crippen LogP contribution in [0.25, 0.3) is 0 Å². The molecule has 0 fully saturated rings. The largest absolute Gasteiger partial charge is 0.313 e. The first-order chi connectivity index (χ1) is 8.17. The van der Waals surface area contributed by atoms with Crippen LogP contribution in [0.15, 0.2) is 29.2 Å². The predicted molar refractivity (Wildman–Crippen MR) is 79.1 cm³/mol. The van der Waals surface area contributed by atoms with Crippen LogP contribution in [0.2, 0.25) is 5.02 Å². The Balaban J connectivity index is 2.51. The molecule has 2 atom stereocenters. The van der Waals surface area contributed by atoms with Gasteiger partial charge in [0.15, 0.2) is 0 Å². The second-order valence-electron chi connectivity index (χ2n) is 4.25. The summed E-state index contributed by atoms with van der Waals surface area (Å²) in [5.41, 5.74) is 0. The fourth-order valence-electron chi connectivity index (χ4n) is 1.78. The number of benzene rings is 1. The van der Waals surface area contributed by atoms with Gasteiger partial charge in [0.1, 0.15) is 0 Å². The van der Waals surface area contributed by atoms with E-state index in [2.05, 4.69) is 38.2 Å². The topological polar surface area (TPSA) is 12.0 Å². The zero-order valence-electron chi connectivity index (χ0n) is 10.9. The first-order valence-electron chi connectivity index (χ1n) is 6.33. The summed E-state index contributed by atoms with van der Waals surface area (Å²) >= 11 is 7.80. The van der Waals surface area contributed by atoms with Gasteiger partial charge >= 0.3 is 0 Å². The van der Waals surface area contributed by atoms with Crippen molar-refractivity contribution in [2.45, 2.75) is 49.8 Å². The van der Waals surface area contributed by atoms with E-state index in [4.69, 9.17) is 11.6 Å². The molecular formula is C14H22ClNS. The van der Waals surface area contributed by atoms with Gasteiger partial charge in [-0.3, -0.25) is 0 Å². The molecule has 0 aliphatic heterocycles. The predicted octanol–water partition coefficient (Wildman–Crippen LogP) is 4.60. The highest BCUT2D eigenvalue weighted by Gasteiger charge is 2.15. The molecule has 0 heterocycles. The van der Waals surface area contributed by atoms with Crippen LogP contribution in [0.5, 0.6) is 0 Å². The molecule has 96 valence electrons. The molecule has 0 aromatic heterocycles. The fourth-order valence-corrected chi connectivity index (χ4v) is 3.08. The Labute approximate surface area is 114 Å². The summed E-state index contributed by atoms with van der Waals surface area (Å²) in [5, 5.41) is 4.98. The molecule has 1 nitrogen and oxygen atoms in total. The Morgan fingerprint density at radius 3 is 2.41 bits per heavy atom. The van der Waals surface area contributed by atoms with Crippen LogP contribution < -0.4 is 5.32 Å². The maximum atomic E-state index is 5.88. The highest BCUT2D eigenvalue weighted by atomic mass is 35.5. The summed E-state index contributed by atoms with van der Waals surface area (Å²) in [5.74, 6) is 0. The maximum Gasteiger partial charge on any atom is 0.0406 e. The zero-order valence-corrected chi connectivity index (χ0v) is 12.4. The minimum atomic E-state index is 0.577. The molecule has 0 bridgehead atoms. The minimum Gasteiger partial charge on any atom is -0.313 e. The van der Waals surface area contributed by atoms with Crippen LogP contribution in [-0.2, 0) is 0 Å². The average Bonchev–Trinajstić information content (AvgIpc) is 2.33. The molecule has 1 aromatic rings. The Morgan fingerprint density at radius 1 is 1.24 bits per heavy atom. The van der Waals surface area contributed by atoms with Gasteiger partial charge in [0.2, 0.25) is 0 Å². The van der Waals surface area contributed by atoms with Crippen molar-refractivity contribution in [2.24, 2.45) is 0 Å². The van der Waals surface area contributed by atoms with E-state index in [1.165, 1.54) is 17.7 Å². The molecule has 1 rings (SSSR count). The van der Waals surface area contributed by atoms with E-state index in [0.717, 1.165) is 11.6 Å². The second-order valence-corrected chi connectivity index (χ2v) is 6.13. The van der Waals surface area contributed by atoms with Crippen LogP contribution in [0.3, 0.4) is 0 Å². The van der Waals surface area contributed by atoms with Crippen molar-refractivity contribution >= 4 is 23.4 Å². The maximum absolute atomic E-state index is 5.88. The zero-order chi connectivity index (χ0) is 12.7. The lowest BCUT2D eigenvalue weighted by Gasteiger charge is -2.23. The molecule has 3 heteroatoms. The van der Waals surface area contributed by atoms with Crippen molar-refractivity contribution in [3.05, 3.63) is 29.3 Å². The van der Waals surface area contributed by atoms with Gasteiger partial charge in [-0.1, -0.05) is 32.4 Å². The second kappa shape index (κ2) is 8.02. The van der Waals surface area contributed by atoms with Crippen molar-refractivity contribution in [1.82, 2.24) is 5.32 Å². The molecule has 0 saturated carbocycles. The van der Waals surface area contributed by atoms with Crippen molar-refractivity contribution in [3.8, 4) is 0 Å². The first kappa shape index (κ1) is 14.9. The number of nitrogens with one attached hydrogen (secondary N) is 1. The van der Waals surface area contributed by atoms with Gasteiger partial charge in [0.25, 0.3) is 0 Å². The van der Waals surface area contributed by atoms with E-state index >= 15 is 0 Å². The third-order valence-electron chi connectivity index (χ3n) is 2.80. The van der Waals surface area contributed by atoms with Crippen LogP contribution in [0.4, 0.5) is 0 Å². The standard InChI is InChI=1S/C14H22ClNS/c1-4-10-16-14(5-2)11(3)17-13-8-6-12(15)7-9-13/h6-9,11,14,16H,4-5,10H2,1-3H3. The molecule has 0 radical (unpaired) electrons. The third-order valence-corrected chi connectivity index (χ3v) is 4.30. The molecule has 0 aliphatic carbocycles. The monoisotopic (exact) mass is 271 g/mol. The van der Waals surface area contributed by atoms with E-state index < -0.39 is 0 Å². The van der Waals surface area contributed by atoms with E-state index in [-0.39, 0.29) is 0 Å². The summed E-state index contributed by atoms with van der Waals surface area (Å²) < 4.78 is 0. The Morgan fingerprint density at radius 2 is 1.88 bits per heavy atom. The van der Waals surface area contributed by atoms with Gasteiger partial charge in [-0.2, -0.15) is 0 Å². The molecule has 17 heavy (non-hydrogen) atoms. The van der Waals surface area contributed by atoms with E-state index in [0.29, 0.717) is 11.3 Å². The van der Waals surface area contributed by atoms with Crippen LogP contribution in [0, 0.1) is 0 Å². The van der Waals surface area contributed by atoms with Gasteiger partial charge in [0, 0.05) is 21.2 Å². The van der Waals surface area contributed by atoms with E-state index in [1.807, 2.05) is 23.9 Å². The number of hydrogen-bond donors (Lipinski definition) is 1. The van der Waals surface area contributed by atoms with E-state index in [1.54, 1.807) is 0 Å².